The van der Waals surface area contributed by atoms with Crippen molar-refractivity contribution < 1.29 is 0 Å². The minimum Gasteiger partial charge on any atom is -0.295 e. The summed E-state index contributed by atoms with van der Waals surface area (Å²) in [6.07, 6.45) is 0. The first-order valence-corrected chi connectivity index (χ1v) is 7.85. The van der Waals surface area contributed by atoms with E-state index in [0.717, 1.165) is 22.5 Å². The van der Waals surface area contributed by atoms with Crippen LogP contribution < -0.4 is 0 Å². The molecule has 108 valence electrons. The minimum atomic E-state index is 0.360. The molecule has 0 atom stereocenters. The van der Waals surface area contributed by atoms with E-state index in [9.17, 15) is 0 Å². The van der Waals surface area contributed by atoms with Gasteiger partial charge >= 0.3 is 0 Å². The van der Waals surface area contributed by atoms with Gasteiger partial charge in [0.1, 0.15) is 5.82 Å². The predicted molar refractivity (Wildman–Crippen MR) is 89.7 cm³/mol. The van der Waals surface area contributed by atoms with E-state index >= 15 is 0 Å². The molecule has 2 nitrogen and oxygen atoms in total. The van der Waals surface area contributed by atoms with E-state index in [1.807, 2.05) is 24.3 Å². The molecule has 0 saturated heterocycles. The van der Waals surface area contributed by atoms with E-state index in [1.54, 1.807) is 0 Å². The van der Waals surface area contributed by atoms with E-state index < -0.39 is 0 Å². The van der Waals surface area contributed by atoms with Gasteiger partial charge in [-0.1, -0.05) is 43.6 Å². The number of imidazole rings is 1. The maximum Gasteiger partial charge on any atom is 0.129 e. The molecule has 0 aliphatic heterocycles. The molecule has 0 aliphatic rings. The number of fused-ring (bicyclic) bond motifs is 1. The zero-order valence-corrected chi connectivity index (χ0v) is 13.5. The average molecular weight is 319 g/mol. The Morgan fingerprint density at radius 1 is 1.14 bits per heavy atom. The Bertz CT molecular complexity index is 791. The summed E-state index contributed by atoms with van der Waals surface area (Å²) in [6, 6.07) is 14.1. The van der Waals surface area contributed by atoms with E-state index in [2.05, 4.69) is 41.6 Å². The Morgan fingerprint density at radius 2 is 1.90 bits per heavy atom. The second kappa shape index (κ2) is 5.70. The van der Waals surface area contributed by atoms with Gasteiger partial charge in [-0.3, -0.25) is 4.57 Å². The summed E-state index contributed by atoms with van der Waals surface area (Å²) in [6.45, 7) is 4.37. The molecule has 0 spiro atoms. The van der Waals surface area contributed by atoms with Crippen LogP contribution in [0.5, 0.6) is 0 Å². The van der Waals surface area contributed by atoms with E-state index in [-0.39, 0.29) is 0 Å². The van der Waals surface area contributed by atoms with Gasteiger partial charge in [0.2, 0.25) is 0 Å². The number of hydrogen-bond donors (Lipinski definition) is 0. The van der Waals surface area contributed by atoms with Crippen LogP contribution >= 0.6 is 23.2 Å². The fourth-order valence-electron chi connectivity index (χ4n) is 2.64. The lowest BCUT2D eigenvalue weighted by atomic mass is 10.0. The lowest BCUT2D eigenvalue weighted by Crippen LogP contribution is -2.04. The van der Waals surface area contributed by atoms with Crippen molar-refractivity contribution in [1.82, 2.24) is 9.55 Å². The van der Waals surface area contributed by atoms with Gasteiger partial charge in [-0.2, -0.15) is 0 Å². The van der Waals surface area contributed by atoms with Crippen LogP contribution in [0.3, 0.4) is 0 Å². The molecular formula is C17H16Cl2N2. The molecule has 1 heterocycles. The largest absolute Gasteiger partial charge is 0.295 e. The molecule has 0 radical (unpaired) electrons. The van der Waals surface area contributed by atoms with Crippen LogP contribution in [0.2, 0.25) is 5.02 Å². The molecule has 0 fully saturated rings. The van der Waals surface area contributed by atoms with Crippen molar-refractivity contribution in [3.63, 3.8) is 0 Å². The third-order valence-electron chi connectivity index (χ3n) is 3.61. The van der Waals surface area contributed by atoms with Crippen molar-refractivity contribution in [2.24, 2.45) is 0 Å². The molecule has 0 N–H and O–H groups in total. The fourth-order valence-corrected chi connectivity index (χ4v) is 2.98. The lowest BCUT2D eigenvalue weighted by molar-refractivity contribution is 0.841. The highest BCUT2D eigenvalue weighted by Crippen LogP contribution is 2.30. The molecule has 21 heavy (non-hydrogen) atoms. The normalized spacial score (nSPS) is 11.5. The molecule has 1 aromatic heterocycles. The molecule has 0 unspecified atom stereocenters. The van der Waals surface area contributed by atoms with Gasteiger partial charge in [0.15, 0.2) is 0 Å². The van der Waals surface area contributed by atoms with Crippen LogP contribution in [-0.4, -0.2) is 9.55 Å². The van der Waals surface area contributed by atoms with Gasteiger partial charge in [0.25, 0.3) is 0 Å². The smallest absolute Gasteiger partial charge is 0.129 e. The summed E-state index contributed by atoms with van der Waals surface area (Å²) in [4.78, 5) is 4.62. The van der Waals surface area contributed by atoms with Crippen molar-refractivity contribution in [3.8, 4) is 5.69 Å². The molecule has 0 amide bonds. The number of alkyl halides is 1. The van der Waals surface area contributed by atoms with Crippen molar-refractivity contribution >= 4 is 34.2 Å². The maximum atomic E-state index is 6.16. The summed E-state index contributed by atoms with van der Waals surface area (Å²) in [5.41, 5.74) is 4.29. The second-order valence-electron chi connectivity index (χ2n) is 5.34. The Labute approximate surface area is 134 Å². The Hall–Kier alpha value is -1.51. The average Bonchev–Trinajstić information content (AvgIpc) is 2.84. The third kappa shape index (κ3) is 2.54. The molecule has 0 bridgehead atoms. The standard InChI is InChI=1S/C17H16Cl2N2/c1-11(2)13-5-3-4-6-15(13)21-16-9-12(19)7-8-14(16)20-17(21)10-18/h3-9,11H,10H2,1-2H3. The van der Waals surface area contributed by atoms with Gasteiger partial charge in [0.05, 0.1) is 22.6 Å². The highest BCUT2D eigenvalue weighted by Gasteiger charge is 2.15. The van der Waals surface area contributed by atoms with Gasteiger partial charge in [-0.15, -0.1) is 11.6 Å². The number of rotatable bonds is 3. The van der Waals surface area contributed by atoms with Crippen LogP contribution in [0.15, 0.2) is 42.5 Å². The predicted octanol–water partition coefficient (Wildman–Crippen LogP) is 5.54. The molecule has 3 rings (SSSR count). The Morgan fingerprint density at radius 3 is 2.62 bits per heavy atom. The number of halogens is 2. The van der Waals surface area contributed by atoms with E-state index in [1.165, 1.54) is 5.56 Å². The molecular weight excluding hydrogens is 303 g/mol. The number of aromatic nitrogens is 2. The van der Waals surface area contributed by atoms with Gasteiger partial charge < -0.3 is 0 Å². The quantitative estimate of drug-likeness (QED) is 0.579. The topological polar surface area (TPSA) is 17.8 Å². The molecule has 2 aromatic carbocycles. The summed E-state index contributed by atoms with van der Waals surface area (Å²) in [5, 5.41) is 0.701. The van der Waals surface area contributed by atoms with Crippen LogP contribution in [0.1, 0.15) is 31.2 Å². The Balaban J connectivity index is 2.36. The van der Waals surface area contributed by atoms with Crippen LogP contribution in [0, 0.1) is 0 Å². The Kier molecular flexibility index (Phi) is 3.92. The summed E-state index contributed by atoms with van der Waals surface area (Å²) in [7, 11) is 0. The van der Waals surface area contributed by atoms with E-state index in [4.69, 9.17) is 23.2 Å². The van der Waals surface area contributed by atoms with Gasteiger partial charge in [0, 0.05) is 5.02 Å². The third-order valence-corrected chi connectivity index (χ3v) is 4.08. The zero-order chi connectivity index (χ0) is 15.0. The highest BCUT2D eigenvalue weighted by atomic mass is 35.5. The number of nitrogens with zero attached hydrogens (tertiary/aromatic N) is 2. The van der Waals surface area contributed by atoms with Gasteiger partial charge in [-0.25, -0.2) is 4.98 Å². The van der Waals surface area contributed by atoms with Crippen molar-refractivity contribution in [2.45, 2.75) is 25.6 Å². The van der Waals surface area contributed by atoms with Crippen molar-refractivity contribution in [2.75, 3.05) is 0 Å². The van der Waals surface area contributed by atoms with Crippen molar-refractivity contribution in [3.05, 3.63) is 58.9 Å². The number of para-hydroxylation sites is 1. The fraction of sp³-hybridized carbons (Fsp3) is 0.235. The summed E-state index contributed by atoms with van der Waals surface area (Å²) >= 11 is 12.3. The summed E-state index contributed by atoms with van der Waals surface area (Å²) < 4.78 is 2.11. The molecule has 3 aromatic rings. The molecule has 0 saturated carbocycles. The van der Waals surface area contributed by atoms with Crippen molar-refractivity contribution in [1.29, 1.82) is 0 Å². The zero-order valence-electron chi connectivity index (χ0n) is 12.0. The SMILES string of the molecule is CC(C)c1ccccc1-n1c(CCl)nc2ccc(Cl)cc21. The molecule has 4 heteroatoms. The monoisotopic (exact) mass is 318 g/mol. The second-order valence-corrected chi connectivity index (χ2v) is 6.05. The first kappa shape index (κ1) is 14.4. The minimum absolute atomic E-state index is 0.360. The molecule has 0 aliphatic carbocycles. The van der Waals surface area contributed by atoms with Gasteiger partial charge in [-0.05, 0) is 35.7 Å². The van der Waals surface area contributed by atoms with E-state index in [0.29, 0.717) is 16.8 Å². The van der Waals surface area contributed by atoms with Crippen LogP contribution in [0.25, 0.3) is 16.7 Å². The van der Waals surface area contributed by atoms with Crippen LogP contribution in [-0.2, 0) is 5.88 Å². The summed E-state index contributed by atoms with van der Waals surface area (Å²) in [5.74, 6) is 1.61. The lowest BCUT2D eigenvalue weighted by Gasteiger charge is -2.16. The highest BCUT2D eigenvalue weighted by molar-refractivity contribution is 6.31. The maximum absolute atomic E-state index is 6.16. The number of benzene rings is 2. The first-order valence-electron chi connectivity index (χ1n) is 6.94. The first-order chi connectivity index (χ1) is 10.1. The number of hydrogen-bond acceptors (Lipinski definition) is 1. The van der Waals surface area contributed by atoms with Crippen LogP contribution in [0.4, 0.5) is 0 Å².